The highest BCUT2D eigenvalue weighted by Crippen LogP contribution is 2.42. The monoisotopic (exact) mass is 324 g/mol. The van der Waals surface area contributed by atoms with E-state index in [1.165, 1.54) is 0 Å². The summed E-state index contributed by atoms with van der Waals surface area (Å²) in [5, 5.41) is 4.56. The van der Waals surface area contributed by atoms with Crippen molar-refractivity contribution in [2.24, 2.45) is 13.0 Å². The highest BCUT2D eigenvalue weighted by atomic mass is 16.2. The Morgan fingerprint density at radius 1 is 1.12 bits per heavy atom. The van der Waals surface area contributed by atoms with Gasteiger partial charge in [-0.1, -0.05) is 19.1 Å². The zero-order valence-corrected chi connectivity index (χ0v) is 14.6. The van der Waals surface area contributed by atoms with E-state index in [0.717, 1.165) is 48.6 Å². The van der Waals surface area contributed by atoms with Crippen LogP contribution in [0.3, 0.4) is 0 Å². The van der Waals surface area contributed by atoms with E-state index in [0.29, 0.717) is 11.8 Å². The second kappa shape index (κ2) is 5.65. The van der Waals surface area contributed by atoms with E-state index < -0.39 is 0 Å². The lowest BCUT2D eigenvalue weighted by molar-refractivity contribution is 0.0983. The number of aryl methyl sites for hydroxylation is 1. The van der Waals surface area contributed by atoms with E-state index in [1.807, 2.05) is 30.3 Å². The molecule has 1 aliphatic heterocycles. The maximum absolute atomic E-state index is 13.4. The Labute approximate surface area is 142 Å². The van der Waals surface area contributed by atoms with Crippen LogP contribution in [0.4, 0.5) is 11.4 Å². The normalized spacial score (nSPS) is 20.7. The fraction of sp³-hybridized carbons (Fsp3) is 0.474. The molecular formula is C19H24N4O. The number of rotatable bonds is 2. The smallest absolute Gasteiger partial charge is 0.261 e. The Kier molecular flexibility index (Phi) is 3.59. The number of aromatic nitrogens is 2. The third-order valence-electron chi connectivity index (χ3n) is 4.96. The molecule has 5 heteroatoms. The number of benzene rings is 1. The van der Waals surface area contributed by atoms with Gasteiger partial charge in [-0.2, -0.15) is 5.10 Å². The minimum Gasteiger partial charge on any atom is -0.373 e. The van der Waals surface area contributed by atoms with E-state index >= 15 is 0 Å². The third-order valence-corrected chi connectivity index (χ3v) is 4.96. The summed E-state index contributed by atoms with van der Waals surface area (Å²) in [6.45, 7) is 3.89. The lowest BCUT2D eigenvalue weighted by Crippen LogP contribution is -2.35. The van der Waals surface area contributed by atoms with E-state index in [1.54, 1.807) is 4.68 Å². The molecule has 1 unspecified atom stereocenters. The standard InChI is InChI=1S/C19H24N4O/c1-13-10-21(2)16-6-4-5-7-17(16)23(11-13)19(24)15-12-22(3)20-18(15)14-8-9-14/h4-7,12-14H,8-11H2,1-3H3. The number of amides is 1. The predicted molar refractivity (Wildman–Crippen MR) is 95.7 cm³/mol. The van der Waals surface area contributed by atoms with Crippen LogP contribution in [-0.2, 0) is 7.05 Å². The lowest BCUT2D eigenvalue weighted by Gasteiger charge is -2.24. The first-order valence-electron chi connectivity index (χ1n) is 8.70. The molecule has 2 aromatic rings. The van der Waals surface area contributed by atoms with Crippen LogP contribution in [-0.4, -0.2) is 35.8 Å². The van der Waals surface area contributed by atoms with Crippen molar-refractivity contribution in [3.63, 3.8) is 0 Å². The van der Waals surface area contributed by atoms with E-state index in [2.05, 4.69) is 36.1 Å². The van der Waals surface area contributed by atoms with Crippen LogP contribution < -0.4 is 9.80 Å². The zero-order chi connectivity index (χ0) is 16.8. The lowest BCUT2D eigenvalue weighted by atomic mass is 10.1. The Morgan fingerprint density at radius 2 is 1.83 bits per heavy atom. The molecule has 0 radical (unpaired) electrons. The molecule has 0 spiro atoms. The van der Waals surface area contributed by atoms with E-state index in [9.17, 15) is 4.79 Å². The molecule has 0 saturated heterocycles. The molecule has 1 amide bonds. The summed E-state index contributed by atoms with van der Waals surface area (Å²) in [4.78, 5) is 17.6. The summed E-state index contributed by atoms with van der Waals surface area (Å²) in [5.41, 5.74) is 3.86. The van der Waals surface area contributed by atoms with Crippen molar-refractivity contribution < 1.29 is 4.79 Å². The van der Waals surface area contributed by atoms with Gasteiger partial charge in [0, 0.05) is 39.3 Å². The van der Waals surface area contributed by atoms with Gasteiger partial charge in [0.15, 0.2) is 0 Å². The van der Waals surface area contributed by atoms with Crippen molar-refractivity contribution in [3.8, 4) is 0 Å². The van der Waals surface area contributed by atoms with Crippen molar-refractivity contribution in [1.82, 2.24) is 9.78 Å². The Balaban J connectivity index is 1.77. The summed E-state index contributed by atoms with van der Waals surface area (Å²) in [7, 11) is 4.00. The molecule has 0 N–H and O–H groups in total. The van der Waals surface area contributed by atoms with Crippen LogP contribution >= 0.6 is 0 Å². The molecule has 0 bridgehead atoms. The molecule has 2 heterocycles. The third kappa shape index (κ3) is 2.58. The number of anilines is 2. The SMILES string of the molecule is CC1CN(C)c2ccccc2N(C(=O)c2cn(C)nc2C2CC2)C1. The quantitative estimate of drug-likeness (QED) is 0.852. The summed E-state index contributed by atoms with van der Waals surface area (Å²) in [6, 6.07) is 8.19. The first-order chi connectivity index (χ1) is 11.5. The highest BCUT2D eigenvalue weighted by Gasteiger charge is 2.34. The molecule has 1 fully saturated rings. The van der Waals surface area contributed by atoms with Crippen LogP contribution in [0.15, 0.2) is 30.5 Å². The van der Waals surface area contributed by atoms with E-state index in [-0.39, 0.29) is 5.91 Å². The minimum atomic E-state index is 0.0830. The maximum Gasteiger partial charge on any atom is 0.261 e. The van der Waals surface area contributed by atoms with Gasteiger partial charge in [-0.05, 0) is 30.9 Å². The fourth-order valence-corrected chi connectivity index (χ4v) is 3.72. The first kappa shape index (κ1) is 15.2. The van der Waals surface area contributed by atoms with Crippen molar-refractivity contribution >= 4 is 17.3 Å². The average Bonchev–Trinajstić information content (AvgIpc) is 3.35. The van der Waals surface area contributed by atoms with Crippen LogP contribution in [0, 0.1) is 5.92 Å². The molecule has 126 valence electrons. The number of hydrogen-bond donors (Lipinski definition) is 0. The zero-order valence-electron chi connectivity index (χ0n) is 14.6. The number of para-hydroxylation sites is 2. The van der Waals surface area contributed by atoms with Gasteiger partial charge < -0.3 is 9.80 Å². The number of hydrogen-bond acceptors (Lipinski definition) is 3. The van der Waals surface area contributed by atoms with Gasteiger partial charge in [0.2, 0.25) is 0 Å². The van der Waals surface area contributed by atoms with Gasteiger partial charge in [0.05, 0.1) is 22.6 Å². The van der Waals surface area contributed by atoms with Gasteiger partial charge in [-0.15, -0.1) is 0 Å². The van der Waals surface area contributed by atoms with E-state index in [4.69, 9.17) is 0 Å². The molecule has 2 aliphatic rings. The molecule has 1 aromatic heterocycles. The largest absolute Gasteiger partial charge is 0.373 e. The second-order valence-corrected chi connectivity index (χ2v) is 7.27. The first-order valence-corrected chi connectivity index (χ1v) is 8.70. The second-order valence-electron chi connectivity index (χ2n) is 7.27. The van der Waals surface area contributed by atoms with Gasteiger partial charge >= 0.3 is 0 Å². The highest BCUT2D eigenvalue weighted by molar-refractivity contribution is 6.08. The molecular weight excluding hydrogens is 300 g/mol. The Hall–Kier alpha value is -2.30. The van der Waals surface area contributed by atoms with Crippen molar-refractivity contribution in [2.75, 3.05) is 29.9 Å². The molecule has 4 rings (SSSR count). The molecule has 1 aliphatic carbocycles. The van der Waals surface area contributed by atoms with Crippen molar-refractivity contribution in [2.45, 2.75) is 25.7 Å². The van der Waals surface area contributed by atoms with Gasteiger partial charge in [0.25, 0.3) is 5.91 Å². The average molecular weight is 324 g/mol. The molecule has 1 saturated carbocycles. The van der Waals surface area contributed by atoms with Crippen LogP contribution in [0.5, 0.6) is 0 Å². The number of carbonyl (C=O) groups excluding carboxylic acids is 1. The number of carbonyl (C=O) groups is 1. The minimum absolute atomic E-state index is 0.0830. The van der Waals surface area contributed by atoms with Crippen molar-refractivity contribution in [1.29, 1.82) is 0 Å². The predicted octanol–water partition coefficient (Wildman–Crippen LogP) is 3.03. The maximum atomic E-state index is 13.4. The molecule has 1 atom stereocenters. The van der Waals surface area contributed by atoms with Crippen LogP contribution in [0.1, 0.15) is 41.7 Å². The Morgan fingerprint density at radius 3 is 2.54 bits per heavy atom. The van der Waals surface area contributed by atoms with Gasteiger partial charge in [-0.25, -0.2) is 0 Å². The van der Waals surface area contributed by atoms with Gasteiger partial charge in [-0.3, -0.25) is 9.48 Å². The summed E-state index contributed by atoms with van der Waals surface area (Å²) in [6.07, 6.45) is 4.18. The number of nitrogens with zero attached hydrogens (tertiary/aromatic N) is 4. The summed E-state index contributed by atoms with van der Waals surface area (Å²) < 4.78 is 1.78. The topological polar surface area (TPSA) is 41.4 Å². The molecule has 24 heavy (non-hydrogen) atoms. The summed E-state index contributed by atoms with van der Waals surface area (Å²) >= 11 is 0. The van der Waals surface area contributed by atoms with Crippen molar-refractivity contribution in [3.05, 3.63) is 41.7 Å². The fourth-order valence-electron chi connectivity index (χ4n) is 3.72. The van der Waals surface area contributed by atoms with Crippen LogP contribution in [0.2, 0.25) is 0 Å². The number of fused-ring (bicyclic) bond motifs is 1. The molecule has 1 aromatic carbocycles. The van der Waals surface area contributed by atoms with Crippen LogP contribution in [0.25, 0.3) is 0 Å². The summed E-state index contributed by atoms with van der Waals surface area (Å²) in [5.74, 6) is 0.958. The Bertz CT molecular complexity index is 777. The molecule has 5 nitrogen and oxygen atoms in total. The van der Waals surface area contributed by atoms with Gasteiger partial charge in [0.1, 0.15) is 0 Å².